The molecule has 2 aliphatic heterocycles. The molecule has 1 aromatic rings. The van der Waals surface area contributed by atoms with Crippen LogP contribution in [-0.4, -0.2) is 78.2 Å². The van der Waals surface area contributed by atoms with E-state index in [1.807, 2.05) is 11.8 Å². The molecule has 0 radical (unpaired) electrons. The predicted octanol–water partition coefficient (Wildman–Crippen LogP) is 0.0574. The first-order valence-corrected chi connectivity index (χ1v) is 8.18. The molecule has 2 saturated heterocycles. The van der Waals surface area contributed by atoms with E-state index < -0.39 is 11.9 Å². The summed E-state index contributed by atoms with van der Waals surface area (Å²) in [4.78, 5) is 41.3. The first kappa shape index (κ1) is 17.3. The number of carbonyl (C=O) groups excluding carboxylic acids is 3. The standard InChI is InChI=1S/C17H21FN4O3/c1-11-3-4-12(18)13(7-11)19-15(23)9-21-5-6-22-14(8-21)17(25)20(2)10-16(22)24/h3-4,7,14H,5-6,8-10H2,1-2H3,(H,19,23)/t14-/m0/s1. The number of piperazine rings is 2. The van der Waals surface area contributed by atoms with Gasteiger partial charge in [-0.25, -0.2) is 4.39 Å². The van der Waals surface area contributed by atoms with E-state index in [9.17, 15) is 18.8 Å². The van der Waals surface area contributed by atoms with Gasteiger partial charge in [-0.2, -0.15) is 0 Å². The molecule has 0 aromatic heterocycles. The summed E-state index contributed by atoms with van der Waals surface area (Å²) >= 11 is 0. The van der Waals surface area contributed by atoms with Crippen LogP contribution < -0.4 is 5.32 Å². The maximum absolute atomic E-state index is 13.7. The molecule has 1 aromatic carbocycles. The second-order valence-corrected chi connectivity index (χ2v) is 6.56. The van der Waals surface area contributed by atoms with Crippen molar-refractivity contribution in [3.8, 4) is 0 Å². The van der Waals surface area contributed by atoms with Crippen molar-refractivity contribution < 1.29 is 18.8 Å². The zero-order chi connectivity index (χ0) is 18.1. The Balaban J connectivity index is 1.62. The van der Waals surface area contributed by atoms with Crippen LogP contribution in [0, 0.1) is 12.7 Å². The van der Waals surface area contributed by atoms with Gasteiger partial charge in [0.15, 0.2) is 0 Å². The van der Waals surface area contributed by atoms with E-state index in [0.29, 0.717) is 19.6 Å². The summed E-state index contributed by atoms with van der Waals surface area (Å²) in [5.41, 5.74) is 0.993. The molecular formula is C17H21FN4O3. The van der Waals surface area contributed by atoms with Gasteiger partial charge in [0.05, 0.1) is 18.8 Å². The van der Waals surface area contributed by atoms with Gasteiger partial charge in [-0.3, -0.25) is 19.3 Å². The first-order chi connectivity index (χ1) is 11.8. The number of amides is 3. The summed E-state index contributed by atoms with van der Waals surface area (Å²) in [7, 11) is 1.60. The number of anilines is 1. The molecule has 7 nitrogen and oxygen atoms in total. The highest BCUT2D eigenvalue weighted by Crippen LogP contribution is 2.18. The molecule has 3 amide bonds. The smallest absolute Gasteiger partial charge is 0.246 e. The lowest BCUT2D eigenvalue weighted by Gasteiger charge is -2.45. The van der Waals surface area contributed by atoms with Crippen molar-refractivity contribution in [2.75, 3.05) is 45.1 Å². The fourth-order valence-electron chi connectivity index (χ4n) is 3.25. The Morgan fingerprint density at radius 2 is 2.08 bits per heavy atom. The normalized spacial score (nSPS) is 21.3. The molecule has 134 valence electrons. The largest absolute Gasteiger partial charge is 0.335 e. The van der Waals surface area contributed by atoms with E-state index in [1.165, 1.54) is 11.0 Å². The van der Waals surface area contributed by atoms with Crippen LogP contribution in [0.5, 0.6) is 0 Å². The van der Waals surface area contributed by atoms with Gasteiger partial charge in [-0.1, -0.05) is 6.07 Å². The molecular weight excluding hydrogens is 327 g/mol. The maximum Gasteiger partial charge on any atom is 0.246 e. The summed E-state index contributed by atoms with van der Waals surface area (Å²) in [6, 6.07) is 3.96. The van der Waals surface area contributed by atoms with E-state index >= 15 is 0 Å². The van der Waals surface area contributed by atoms with Crippen LogP contribution in [0.15, 0.2) is 18.2 Å². The number of halogens is 1. The number of fused-ring (bicyclic) bond motifs is 1. The first-order valence-electron chi connectivity index (χ1n) is 8.18. The van der Waals surface area contributed by atoms with Crippen molar-refractivity contribution in [2.24, 2.45) is 0 Å². The average Bonchev–Trinajstić information content (AvgIpc) is 2.56. The summed E-state index contributed by atoms with van der Waals surface area (Å²) < 4.78 is 13.7. The van der Waals surface area contributed by atoms with E-state index in [-0.39, 0.29) is 36.5 Å². The van der Waals surface area contributed by atoms with Crippen LogP contribution >= 0.6 is 0 Å². The minimum Gasteiger partial charge on any atom is -0.335 e. The Hall–Kier alpha value is -2.48. The van der Waals surface area contributed by atoms with Crippen molar-refractivity contribution >= 4 is 23.4 Å². The Bertz CT molecular complexity index is 724. The zero-order valence-electron chi connectivity index (χ0n) is 14.3. The molecule has 0 bridgehead atoms. The predicted molar refractivity (Wildman–Crippen MR) is 89.3 cm³/mol. The Labute approximate surface area is 145 Å². The summed E-state index contributed by atoms with van der Waals surface area (Å²) in [6.07, 6.45) is 0. The SMILES string of the molecule is Cc1ccc(F)c(NC(=O)CN2CCN3C(=O)CN(C)C(=O)[C@@H]3C2)c1. The molecule has 3 rings (SSSR count). The lowest BCUT2D eigenvalue weighted by atomic mass is 10.1. The maximum atomic E-state index is 13.7. The molecule has 25 heavy (non-hydrogen) atoms. The van der Waals surface area contributed by atoms with Gasteiger partial charge in [0.2, 0.25) is 17.7 Å². The number of rotatable bonds is 3. The molecule has 0 saturated carbocycles. The molecule has 2 aliphatic rings. The van der Waals surface area contributed by atoms with E-state index in [1.54, 1.807) is 24.1 Å². The van der Waals surface area contributed by atoms with Crippen molar-refractivity contribution in [3.05, 3.63) is 29.6 Å². The van der Waals surface area contributed by atoms with Crippen LogP contribution in [0.2, 0.25) is 0 Å². The third-order valence-electron chi connectivity index (χ3n) is 4.58. The quantitative estimate of drug-likeness (QED) is 0.838. The Morgan fingerprint density at radius 3 is 2.84 bits per heavy atom. The monoisotopic (exact) mass is 348 g/mol. The molecule has 0 unspecified atom stereocenters. The average molecular weight is 348 g/mol. The van der Waals surface area contributed by atoms with E-state index in [2.05, 4.69) is 5.32 Å². The van der Waals surface area contributed by atoms with Gasteiger partial charge >= 0.3 is 0 Å². The minimum atomic E-state index is -0.552. The van der Waals surface area contributed by atoms with Crippen molar-refractivity contribution in [1.82, 2.24) is 14.7 Å². The Kier molecular flexibility index (Phi) is 4.71. The van der Waals surface area contributed by atoms with Crippen LogP contribution in [0.25, 0.3) is 0 Å². The van der Waals surface area contributed by atoms with Gasteiger partial charge in [0, 0.05) is 26.7 Å². The lowest BCUT2D eigenvalue weighted by Crippen LogP contribution is -2.66. The minimum absolute atomic E-state index is 0.0446. The number of carbonyl (C=O) groups is 3. The fourth-order valence-corrected chi connectivity index (χ4v) is 3.25. The van der Waals surface area contributed by atoms with Gasteiger partial charge in [0.25, 0.3) is 0 Å². The summed E-state index contributed by atoms with van der Waals surface area (Å²) in [5, 5.41) is 2.57. The molecule has 2 fully saturated rings. The highest BCUT2D eigenvalue weighted by atomic mass is 19.1. The second-order valence-electron chi connectivity index (χ2n) is 6.56. The Morgan fingerprint density at radius 1 is 1.32 bits per heavy atom. The van der Waals surface area contributed by atoms with Crippen molar-refractivity contribution in [3.63, 3.8) is 0 Å². The number of nitrogens with zero attached hydrogens (tertiary/aromatic N) is 3. The molecule has 8 heteroatoms. The zero-order valence-corrected chi connectivity index (χ0v) is 14.3. The van der Waals surface area contributed by atoms with Crippen LogP contribution in [-0.2, 0) is 14.4 Å². The van der Waals surface area contributed by atoms with Gasteiger partial charge in [-0.05, 0) is 24.6 Å². The fraction of sp³-hybridized carbons (Fsp3) is 0.471. The molecule has 1 N–H and O–H groups in total. The number of likely N-dealkylation sites (N-methyl/N-ethyl adjacent to an activating group) is 1. The van der Waals surface area contributed by atoms with Crippen molar-refractivity contribution in [1.29, 1.82) is 0 Å². The number of benzene rings is 1. The van der Waals surface area contributed by atoms with Gasteiger partial charge < -0.3 is 15.1 Å². The van der Waals surface area contributed by atoms with Crippen LogP contribution in [0.4, 0.5) is 10.1 Å². The lowest BCUT2D eigenvalue weighted by molar-refractivity contribution is -0.158. The van der Waals surface area contributed by atoms with Crippen molar-refractivity contribution in [2.45, 2.75) is 13.0 Å². The van der Waals surface area contributed by atoms with E-state index in [0.717, 1.165) is 5.56 Å². The second kappa shape index (κ2) is 6.79. The van der Waals surface area contributed by atoms with Crippen LogP contribution in [0.3, 0.4) is 0 Å². The topological polar surface area (TPSA) is 73.0 Å². The highest BCUT2D eigenvalue weighted by Gasteiger charge is 2.41. The number of aryl methyl sites for hydroxylation is 1. The summed E-state index contributed by atoms with van der Waals surface area (Å²) in [5.74, 6) is -1.02. The van der Waals surface area contributed by atoms with Gasteiger partial charge in [0.1, 0.15) is 11.9 Å². The number of nitrogens with one attached hydrogen (secondary N) is 1. The highest BCUT2D eigenvalue weighted by molar-refractivity contribution is 5.95. The number of hydrogen-bond donors (Lipinski definition) is 1. The molecule has 0 aliphatic carbocycles. The summed E-state index contributed by atoms with van der Waals surface area (Å²) in [6.45, 7) is 3.18. The van der Waals surface area contributed by atoms with Crippen LogP contribution in [0.1, 0.15) is 5.56 Å². The third kappa shape index (κ3) is 3.63. The van der Waals surface area contributed by atoms with Gasteiger partial charge in [-0.15, -0.1) is 0 Å². The number of hydrogen-bond acceptors (Lipinski definition) is 4. The third-order valence-corrected chi connectivity index (χ3v) is 4.58. The molecule has 1 atom stereocenters. The molecule has 0 spiro atoms. The molecule has 2 heterocycles. The van der Waals surface area contributed by atoms with E-state index in [4.69, 9.17) is 0 Å².